The molecule has 3 rings (SSSR count). The van der Waals surface area contributed by atoms with Crippen molar-refractivity contribution in [3.05, 3.63) is 53.0 Å². The normalized spacial score (nSPS) is 10.9. The average Bonchev–Trinajstić information content (AvgIpc) is 2.85. The second kappa shape index (κ2) is 6.21. The number of ether oxygens (including phenoxy) is 1. The third-order valence-corrected chi connectivity index (χ3v) is 3.96. The van der Waals surface area contributed by atoms with E-state index in [1.165, 1.54) is 47.8 Å². The summed E-state index contributed by atoms with van der Waals surface area (Å²) in [5, 5.41) is 4.54. The number of methoxy groups -OCH3 is 1. The Morgan fingerprint density at radius 3 is 3.00 bits per heavy atom. The van der Waals surface area contributed by atoms with Gasteiger partial charge in [-0.05, 0) is 18.2 Å². The van der Waals surface area contributed by atoms with E-state index in [0.717, 1.165) is 4.68 Å². The van der Waals surface area contributed by atoms with Crippen LogP contribution in [0.4, 0.5) is 4.39 Å². The molecule has 1 aromatic carbocycles. The fourth-order valence-corrected chi connectivity index (χ4v) is 2.82. The van der Waals surface area contributed by atoms with Crippen LogP contribution < -0.4 is 5.69 Å². The topological polar surface area (TPSA) is 78.5 Å². The summed E-state index contributed by atoms with van der Waals surface area (Å²) < 4.78 is 20.1. The van der Waals surface area contributed by atoms with E-state index >= 15 is 0 Å². The minimum Gasteiger partial charge on any atom is -0.468 e. The zero-order valence-corrected chi connectivity index (χ0v) is 12.8. The molecule has 0 bridgehead atoms. The highest BCUT2D eigenvalue weighted by atomic mass is 32.2. The Labute approximate surface area is 133 Å². The predicted octanol–water partition coefficient (Wildman–Crippen LogP) is 1.35. The molecule has 9 heteroatoms. The van der Waals surface area contributed by atoms with Crippen LogP contribution in [0, 0.1) is 5.82 Å². The number of nitrogens with zero attached hydrogens (tertiary/aromatic N) is 4. The lowest BCUT2D eigenvalue weighted by Crippen LogP contribution is -2.25. The largest absolute Gasteiger partial charge is 0.468 e. The lowest BCUT2D eigenvalue weighted by molar-refractivity contribution is -0.141. The molecule has 0 amide bonds. The average molecular weight is 334 g/mol. The number of fused-ring (bicyclic) bond motifs is 1. The van der Waals surface area contributed by atoms with Crippen molar-refractivity contribution in [2.45, 2.75) is 16.5 Å². The van der Waals surface area contributed by atoms with Crippen molar-refractivity contribution >= 4 is 23.4 Å². The molecule has 0 unspecified atom stereocenters. The Hall–Kier alpha value is -2.68. The van der Waals surface area contributed by atoms with Crippen LogP contribution >= 0.6 is 11.8 Å². The smallest absolute Gasteiger partial charge is 0.351 e. The summed E-state index contributed by atoms with van der Waals surface area (Å²) in [5.74, 6) is -0.946. The van der Waals surface area contributed by atoms with E-state index in [2.05, 4.69) is 14.8 Å². The van der Waals surface area contributed by atoms with Crippen LogP contribution in [-0.2, 0) is 16.1 Å². The summed E-state index contributed by atoms with van der Waals surface area (Å²) in [6.07, 6.45) is 2.90. The molecule has 118 valence electrons. The van der Waals surface area contributed by atoms with Gasteiger partial charge in [0.25, 0.3) is 0 Å². The highest BCUT2D eigenvalue weighted by molar-refractivity contribution is 7.99. The number of hydrogen-bond acceptors (Lipinski definition) is 6. The number of esters is 1. The van der Waals surface area contributed by atoms with E-state index in [0.29, 0.717) is 9.92 Å². The van der Waals surface area contributed by atoms with Gasteiger partial charge in [0.15, 0.2) is 5.65 Å². The van der Waals surface area contributed by atoms with Gasteiger partial charge in [-0.1, -0.05) is 17.8 Å². The Morgan fingerprint density at radius 1 is 1.43 bits per heavy atom. The first-order valence-electron chi connectivity index (χ1n) is 6.53. The van der Waals surface area contributed by atoms with Gasteiger partial charge >= 0.3 is 11.7 Å². The summed E-state index contributed by atoms with van der Waals surface area (Å²) in [6.45, 7) is -0.291. The lowest BCUT2D eigenvalue weighted by Gasteiger charge is -2.01. The van der Waals surface area contributed by atoms with Crippen molar-refractivity contribution in [3.63, 3.8) is 0 Å². The van der Waals surface area contributed by atoms with E-state index < -0.39 is 11.7 Å². The molecule has 0 aliphatic heterocycles. The highest BCUT2D eigenvalue weighted by Gasteiger charge is 2.15. The quantitative estimate of drug-likeness (QED) is 0.670. The minimum absolute atomic E-state index is 0.288. The first kappa shape index (κ1) is 15.2. The number of benzene rings is 1. The number of carbonyl (C=O) groups excluding carboxylic acids is 1. The van der Waals surface area contributed by atoms with Gasteiger partial charge < -0.3 is 4.74 Å². The van der Waals surface area contributed by atoms with Crippen LogP contribution in [-0.4, -0.2) is 32.2 Å². The summed E-state index contributed by atoms with van der Waals surface area (Å²) >= 11 is 1.18. The third-order valence-electron chi connectivity index (χ3n) is 2.99. The molecule has 0 saturated carbocycles. The van der Waals surface area contributed by atoms with Crippen LogP contribution in [0.5, 0.6) is 0 Å². The molecule has 2 aromatic heterocycles. The highest BCUT2D eigenvalue weighted by Crippen LogP contribution is 2.28. The van der Waals surface area contributed by atoms with Gasteiger partial charge in [0.1, 0.15) is 17.4 Å². The van der Waals surface area contributed by atoms with Gasteiger partial charge in [0.05, 0.1) is 7.11 Å². The molecule has 0 N–H and O–H groups in total. The summed E-state index contributed by atoms with van der Waals surface area (Å²) in [4.78, 5) is 28.3. The van der Waals surface area contributed by atoms with E-state index in [4.69, 9.17) is 0 Å². The van der Waals surface area contributed by atoms with Crippen molar-refractivity contribution in [1.82, 2.24) is 19.2 Å². The summed E-state index contributed by atoms with van der Waals surface area (Å²) in [5.41, 5.74) is -0.190. The van der Waals surface area contributed by atoms with E-state index in [-0.39, 0.29) is 18.0 Å². The molecular formula is C14H11FN4O3S. The predicted molar refractivity (Wildman–Crippen MR) is 79.8 cm³/mol. The zero-order valence-electron chi connectivity index (χ0n) is 12.0. The minimum atomic E-state index is -0.581. The Balaban J connectivity index is 2.03. The van der Waals surface area contributed by atoms with Gasteiger partial charge in [0.2, 0.25) is 0 Å². The summed E-state index contributed by atoms with van der Waals surface area (Å²) in [7, 11) is 1.23. The fourth-order valence-electron chi connectivity index (χ4n) is 1.93. The number of halogens is 1. The molecule has 7 nitrogen and oxygen atoms in total. The molecule has 0 saturated heterocycles. The van der Waals surface area contributed by atoms with Crippen LogP contribution in [0.3, 0.4) is 0 Å². The SMILES string of the molecule is COC(=O)Cn1nc2c(Sc3cccc(F)c3)nccn2c1=O. The second-order valence-corrected chi connectivity index (χ2v) is 5.56. The number of rotatable bonds is 4. The second-order valence-electron chi connectivity index (χ2n) is 4.50. The molecule has 2 heterocycles. The van der Waals surface area contributed by atoms with Crippen molar-refractivity contribution in [1.29, 1.82) is 0 Å². The van der Waals surface area contributed by atoms with Crippen LogP contribution in [0.25, 0.3) is 5.65 Å². The molecule has 0 aliphatic rings. The fraction of sp³-hybridized carbons (Fsp3) is 0.143. The molecule has 0 radical (unpaired) electrons. The Kier molecular flexibility index (Phi) is 4.11. The standard InChI is InChI=1S/C14H11FN4O3S/c1-22-11(20)8-19-14(21)18-6-5-16-13(12(18)17-19)23-10-4-2-3-9(15)7-10/h2-7H,8H2,1H3. The monoisotopic (exact) mass is 334 g/mol. The Bertz CT molecular complexity index is 937. The van der Waals surface area contributed by atoms with Gasteiger partial charge in [-0.25, -0.2) is 23.3 Å². The van der Waals surface area contributed by atoms with Crippen molar-refractivity contribution in [2.75, 3.05) is 7.11 Å². The number of carbonyl (C=O) groups is 1. The molecular weight excluding hydrogens is 323 g/mol. The number of hydrogen-bond donors (Lipinski definition) is 0. The van der Waals surface area contributed by atoms with E-state index in [1.54, 1.807) is 12.1 Å². The molecule has 3 aromatic rings. The van der Waals surface area contributed by atoms with Crippen molar-refractivity contribution < 1.29 is 13.9 Å². The van der Waals surface area contributed by atoms with Gasteiger partial charge in [-0.3, -0.25) is 4.79 Å². The van der Waals surface area contributed by atoms with E-state index in [9.17, 15) is 14.0 Å². The molecule has 0 fully saturated rings. The van der Waals surface area contributed by atoms with Crippen molar-refractivity contribution in [2.24, 2.45) is 0 Å². The third kappa shape index (κ3) is 3.09. The maximum atomic E-state index is 13.3. The van der Waals surface area contributed by atoms with Gasteiger partial charge in [-0.2, -0.15) is 0 Å². The van der Waals surface area contributed by atoms with Gasteiger partial charge in [-0.15, -0.1) is 5.10 Å². The zero-order chi connectivity index (χ0) is 16.4. The van der Waals surface area contributed by atoms with Crippen LogP contribution in [0.1, 0.15) is 0 Å². The van der Waals surface area contributed by atoms with E-state index in [1.807, 2.05) is 0 Å². The molecule has 23 heavy (non-hydrogen) atoms. The maximum Gasteiger partial charge on any atom is 0.351 e. The molecule has 0 atom stereocenters. The maximum absolute atomic E-state index is 13.3. The molecule has 0 aliphatic carbocycles. The molecule has 0 spiro atoms. The first-order valence-corrected chi connectivity index (χ1v) is 7.34. The Morgan fingerprint density at radius 2 is 2.26 bits per heavy atom. The van der Waals surface area contributed by atoms with Gasteiger partial charge in [0, 0.05) is 17.3 Å². The van der Waals surface area contributed by atoms with Crippen LogP contribution in [0.2, 0.25) is 0 Å². The van der Waals surface area contributed by atoms with Crippen molar-refractivity contribution in [3.8, 4) is 0 Å². The number of aromatic nitrogens is 4. The lowest BCUT2D eigenvalue weighted by atomic mass is 10.4. The summed E-state index contributed by atoms with van der Waals surface area (Å²) in [6, 6.07) is 6.01. The van der Waals surface area contributed by atoms with Crippen LogP contribution in [0.15, 0.2) is 51.4 Å². The first-order chi connectivity index (χ1) is 11.1.